The lowest BCUT2D eigenvalue weighted by Gasteiger charge is -2.12. The minimum absolute atomic E-state index is 0.0147. The Labute approximate surface area is 123 Å². The molecule has 7 heteroatoms. The van der Waals surface area contributed by atoms with Gasteiger partial charge in [0.25, 0.3) is 0 Å². The predicted molar refractivity (Wildman–Crippen MR) is 80.4 cm³/mol. The molecule has 0 aliphatic rings. The summed E-state index contributed by atoms with van der Waals surface area (Å²) in [5.74, 6) is 0.917. The molecule has 0 spiro atoms. The van der Waals surface area contributed by atoms with Crippen LogP contribution in [0.25, 0.3) is 0 Å². The van der Waals surface area contributed by atoms with Crippen LogP contribution in [0.5, 0.6) is 11.5 Å². The lowest BCUT2D eigenvalue weighted by Crippen LogP contribution is -2.33. The maximum atomic E-state index is 11.2. The number of esters is 1. The van der Waals surface area contributed by atoms with Crippen LogP contribution in [0.1, 0.15) is 6.92 Å². The van der Waals surface area contributed by atoms with Gasteiger partial charge in [-0.2, -0.15) is 0 Å². The van der Waals surface area contributed by atoms with Crippen molar-refractivity contribution < 1.29 is 19.0 Å². The van der Waals surface area contributed by atoms with Gasteiger partial charge in [-0.3, -0.25) is 4.79 Å². The first kappa shape index (κ1) is 16.0. The van der Waals surface area contributed by atoms with Crippen molar-refractivity contribution >= 4 is 29.0 Å². The normalized spacial score (nSPS) is 9.55. The Morgan fingerprint density at radius 3 is 2.30 bits per heavy atom. The van der Waals surface area contributed by atoms with Crippen molar-refractivity contribution in [3.63, 3.8) is 0 Å². The summed E-state index contributed by atoms with van der Waals surface area (Å²) in [7, 11) is 3.13. The number of hydrogen-bond acceptors (Lipinski definition) is 5. The molecule has 0 saturated carbocycles. The third-order valence-electron chi connectivity index (χ3n) is 2.31. The Bertz CT molecular complexity index is 457. The topological polar surface area (TPSA) is 68.8 Å². The van der Waals surface area contributed by atoms with Crippen LogP contribution in [0.15, 0.2) is 18.2 Å². The average molecular weight is 298 g/mol. The molecule has 0 heterocycles. The Balaban J connectivity index is 2.59. The molecule has 0 aromatic heterocycles. The number of nitrogens with one attached hydrogen (secondary N) is 2. The molecule has 0 aliphatic carbocycles. The molecule has 0 aliphatic heterocycles. The summed E-state index contributed by atoms with van der Waals surface area (Å²) in [4.78, 5) is 11.2. The van der Waals surface area contributed by atoms with Crippen molar-refractivity contribution in [2.75, 3.05) is 32.7 Å². The summed E-state index contributed by atoms with van der Waals surface area (Å²) in [5.41, 5.74) is 0.697. The van der Waals surface area contributed by atoms with E-state index in [2.05, 4.69) is 10.6 Å². The number of rotatable bonds is 6. The van der Waals surface area contributed by atoms with Crippen molar-refractivity contribution in [2.45, 2.75) is 6.92 Å². The first-order valence-electron chi connectivity index (χ1n) is 6.02. The highest BCUT2D eigenvalue weighted by atomic mass is 32.1. The second-order valence-corrected chi connectivity index (χ2v) is 4.12. The highest BCUT2D eigenvalue weighted by molar-refractivity contribution is 7.80. The van der Waals surface area contributed by atoms with Crippen LogP contribution in [-0.4, -0.2) is 38.5 Å². The maximum absolute atomic E-state index is 11.2. The summed E-state index contributed by atoms with van der Waals surface area (Å²) >= 11 is 5.09. The minimum atomic E-state index is -0.361. The lowest BCUT2D eigenvalue weighted by molar-refractivity contribution is -0.141. The molecule has 6 nitrogen and oxygen atoms in total. The van der Waals surface area contributed by atoms with E-state index in [9.17, 15) is 4.79 Å². The minimum Gasteiger partial charge on any atom is -0.497 e. The van der Waals surface area contributed by atoms with E-state index >= 15 is 0 Å². The van der Waals surface area contributed by atoms with Crippen LogP contribution >= 0.6 is 12.2 Å². The Kier molecular flexibility index (Phi) is 6.58. The summed E-state index contributed by atoms with van der Waals surface area (Å²) < 4.78 is 15.1. The van der Waals surface area contributed by atoms with Gasteiger partial charge in [-0.25, -0.2) is 0 Å². The van der Waals surface area contributed by atoms with Gasteiger partial charge in [0, 0.05) is 23.9 Å². The molecular weight excluding hydrogens is 280 g/mol. The molecule has 110 valence electrons. The molecule has 0 unspecified atom stereocenters. The quantitative estimate of drug-likeness (QED) is 0.610. The van der Waals surface area contributed by atoms with E-state index in [4.69, 9.17) is 26.4 Å². The SMILES string of the molecule is CCOC(=O)CNC(=S)Nc1cc(OC)cc(OC)c1. The number of thiocarbonyl (C=S) groups is 1. The summed E-state index contributed by atoms with van der Waals surface area (Å²) in [6.45, 7) is 2.10. The van der Waals surface area contributed by atoms with E-state index in [1.54, 1.807) is 39.3 Å². The van der Waals surface area contributed by atoms with Gasteiger partial charge in [0.05, 0.1) is 20.8 Å². The monoisotopic (exact) mass is 298 g/mol. The van der Waals surface area contributed by atoms with Crippen LogP contribution in [0.3, 0.4) is 0 Å². The van der Waals surface area contributed by atoms with E-state index in [-0.39, 0.29) is 12.5 Å². The molecule has 1 aromatic carbocycles. The Morgan fingerprint density at radius 1 is 1.20 bits per heavy atom. The van der Waals surface area contributed by atoms with Gasteiger partial charge in [-0.1, -0.05) is 0 Å². The molecule has 2 N–H and O–H groups in total. The van der Waals surface area contributed by atoms with Gasteiger partial charge in [0.2, 0.25) is 0 Å². The molecule has 0 saturated heterocycles. The zero-order valence-corrected chi connectivity index (χ0v) is 12.5. The fraction of sp³-hybridized carbons (Fsp3) is 0.385. The molecule has 0 fully saturated rings. The van der Waals surface area contributed by atoms with Crippen molar-refractivity contribution in [3.05, 3.63) is 18.2 Å². The first-order valence-corrected chi connectivity index (χ1v) is 6.43. The molecular formula is C13H18N2O4S. The van der Waals surface area contributed by atoms with Crippen LogP contribution in [0, 0.1) is 0 Å². The van der Waals surface area contributed by atoms with E-state index in [0.717, 1.165) is 0 Å². The van der Waals surface area contributed by atoms with Gasteiger partial charge < -0.3 is 24.8 Å². The molecule has 0 amide bonds. The second kappa shape index (κ2) is 8.21. The zero-order valence-electron chi connectivity index (χ0n) is 11.7. The summed E-state index contributed by atoms with van der Waals surface area (Å²) in [5, 5.41) is 6.01. The average Bonchev–Trinajstić information content (AvgIpc) is 2.45. The van der Waals surface area contributed by atoms with Gasteiger partial charge in [-0.05, 0) is 19.1 Å². The third kappa shape index (κ3) is 5.31. The molecule has 0 radical (unpaired) electrons. The predicted octanol–water partition coefficient (Wildman–Crippen LogP) is 1.55. The van der Waals surface area contributed by atoms with Crippen molar-refractivity contribution in [2.24, 2.45) is 0 Å². The molecule has 20 heavy (non-hydrogen) atoms. The Hall–Kier alpha value is -2.02. The van der Waals surface area contributed by atoms with Crippen LogP contribution in [-0.2, 0) is 9.53 Å². The highest BCUT2D eigenvalue weighted by Gasteiger charge is 2.06. The largest absolute Gasteiger partial charge is 0.497 e. The molecule has 1 rings (SSSR count). The van der Waals surface area contributed by atoms with Gasteiger partial charge in [0.1, 0.15) is 18.0 Å². The number of hydrogen-bond donors (Lipinski definition) is 2. The number of carbonyl (C=O) groups excluding carboxylic acids is 1. The molecule has 0 atom stereocenters. The third-order valence-corrected chi connectivity index (χ3v) is 2.55. The standard InChI is InChI=1S/C13H18N2O4S/c1-4-19-12(16)8-14-13(20)15-9-5-10(17-2)7-11(6-9)18-3/h5-7H,4,8H2,1-3H3,(H2,14,15,20). The molecule has 0 bridgehead atoms. The van der Waals surface area contributed by atoms with Crippen molar-refractivity contribution in [1.82, 2.24) is 5.32 Å². The smallest absolute Gasteiger partial charge is 0.325 e. The fourth-order valence-electron chi connectivity index (χ4n) is 1.42. The number of methoxy groups -OCH3 is 2. The van der Waals surface area contributed by atoms with Crippen molar-refractivity contribution in [1.29, 1.82) is 0 Å². The number of ether oxygens (including phenoxy) is 3. The van der Waals surface area contributed by atoms with Gasteiger partial charge in [0.15, 0.2) is 5.11 Å². The van der Waals surface area contributed by atoms with Crippen LogP contribution in [0.4, 0.5) is 5.69 Å². The molecule has 1 aromatic rings. The zero-order chi connectivity index (χ0) is 15.0. The van der Waals surface area contributed by atoms with Gasteiger partial charge >= 0.3 is 5.97 Å². The van der Waals surface area contributed by atoms with Crippen LogP contribution < -0.4 is 20.1 Å². The van der Waals surface area contributed by atoms with Crippen molar-refractivity contribution in [3.8, 4) is 11.5 Å². The second-order valence-electron chi connectivity index (χ2n) is 3.71. The van der Waals surface area contributed by atoms with E-state index < -0.39 is 0 Å². The number of anilines is 1. The summed E-state index contributed by atoms with van der Waals surface area (Å²) in [6.07, 6.45) is 0. The number of benzene rings is 1. The lowest BCUT2D eigenvalue weighted by atomic mass is 10.3. The highest BCUT2D eigenvalue weighted by Crippen LogP contribution is 2.25. The van der Waals surface area contributed by atoms with Crippen LogP contribution in [0.2, 0.25) is 0 Å². The first-order chi connectivity index (χ1) is 9.58. The summed E-state index contributed by atoms with van der Waals surface area (Å²) in [6, 6.07) is 5.28. The van der Waals surface area contributed by atoms with E-state index in [0.29, 0.717) is 28.9 Å². The Morgan fingerprint density at radius 2 is 1.80 bits per heavy atom. The number of carbonyl (C=O) groups is 1. The van der Waals surface area contributed by atoms with Gasteiger partial charge in [-0.15, -0.1) is 0 Å². The van der Waals surface area contributed by atoms with E-state index in [1.165, 1.54) is 0 Å². The van der Waals surface area contributed by atoms with E-state index in [1.807, 2.05) is 0 Å². The fourth-order valence-corrected chi connectivity index (χ4v) is 1.61. The maximum Gasteiger partial charge on any atom is 0.325 e.